The number of nitrogens with zero attached hydrogens (tertiary/aromatic N) is 1. The molecule has 27 heavy (non-hydrogen) atoms. The van der Waals surface area contributed by atoms with Crippen LogP contribution < -0.4 is 0 Å². The van der Waals surface area contributed by atoms with Crippen molar-refractivity contribution >= 4 is 5.91 Å². The molecule has 4 fully saturated rings. The van der Waals surface area contributed by atoms with Gasteiger partial charge in [0, 0.05) is 19.5 Å². The molecule has 4 rings (SSSR count). The third-order valence-electron chi connectivity index (χ3n) is 9.88. The molecular formula is C25H43NO. The van der Waals surface area contributed by atoms with Gasteiger partial charge in [0.05, 0.1) is 0 Å². The summed E-state index contributed by atoms with van der Waals surface area (Å²) in [7, 11) is 2.08. The third kappa shape index (κ3) is 3.27. The maximum Gasteiger partial charge on any atom is 0.222 e. The topological polar surface area (TPSA) is 20.3 Å². The molecule has 0 aromatic rings. The van der Waals surface area contributed by atoms with Gasteiger partial charge in [0.2, 0.25) is 5.91 Å². The second-order valence-corrected chi connectivity index (χ2v) is 11.3. The molecule has 3 aliphatic carbocycles. The van der Waals surface area contributed by atoms with Gasteiger partial charge in [0.1, 0.15) is 0 Å². The number of amides is 1. The van der Waals surface area contributed by atoms with E-state index in [1.54, 1.807) is 0 Å². The Hall–Kier alpha value is -0.530. The van der Waals surface area contributed by atoms with Gasteiger partial charge in [-0.1, -0.05) is 52.9 Å². The highest BCUT2D eigenvalue weighted by Crippen LogP contribution is 2.65. The molecule has 0 aromatic heterocycles. The molecule has 4 aliphatic rings. The first-order valence-electron chi connectivity index (χ1n) is 12.1. The molecule has 1 amide bonds. The molecule has 1 heterocycles. The van der Waals surface area contributed by atoms with Crippen molar-refractivity contribution in [1.82, 2.24) is 4.90 Å². The van der Waals surface area contributed by atoms with Crippen molar-refractivity contribution in [3.8, 4) is 0 Å². The van der Waals surface area contributed by atoms with Crippen LogP contribution in [-0.2, 0) is 4.79 Å². The Morgan fingerprint density at radius 2 is 1.85 bits per heavy atom. The number of piperidine rings is 1. The van der Waals surface area contributed by atoms with Crippen molar-refractivity contribution in [2.45, 2.75) is 110 Å². The average Bonchev–Trinajstić information content (AvgIpc) is 2.99. The highest BCUT2D eigenvalue weighted by molar-refractivity contribution is 5.77. The summed E-state index contributed by atoms with van der Waals surface area (Å²) < 4.78 is 0. The summed E-state index contributed by atoms with van der Waals surface area (Å²) in [6.45, 7) is 7.51. The molecular weight excluding hydrogens is 330 g/mol. The van der Waals surface area contributed by atoms with Gasteiger partial charge >= 0.3 is 0 Å². The third-order valence-corrected chi connectivity index (χ3v) is 9.88. The molecule has 0 aromatic carbocycles. The van der Waals surface area contributed by atoms with E-state index in [9.17, 15) is 4.79 Å². The van der Waals surface area contributed by atoms with Crippen LogP contribution >= 0.6 is 0 Å². The van der Waals surface area contributed by atoms with Gasteiger partial charge in [-0.15, -0.1) is 0 Å². The second-order valence-electron chi connectivity index (χ2n) is 11.3. The van der Waals surface area contributed by atoms with Crippen LogP contribution in [0.25, 0.3) is 0 Å². The van der Waals surface area contributed by atoms with E-state index in [0.29, 0.717) is 22.8 Å². The molecule has 2 heteroatoms. The zero-order valence-electron chi connectivity index (χ0n) is 18.4. The largest absolute Gasteiger partial charge is 0.342 e. The first kappa shape index (κ1) is 19.8. The molecule has 2 nitrogen and oxygen atoms in total. The van der Waals surface area contributed by atoms with E-state index in [1.165, 1.54) is 70.6 Å². The lowest BCUT2D eigenvalue weighted by Gasteiger charge is -2.61. The number of carbonyl (C=O) groups is 1. The maximum absolute atomic E-state index is 12.3. The summed E-state index contributed by atoms with van der Waals surface area (Å²) >= 11 is 0. The van der Waals surface area contributed by atoms with Crippen molar-refractivity contribution in [1.29, 1.82) is 0 Å². The van der Waals surface area contributed by atoms with Crippen molar-refractivity contribution in [2.24, 2.45) is 34.5 Å². The van der Waals surface area contributed by atoms with Crippen LogP contribution in [0, 0.1) is 34.5 Å². The minimum atomic E-state index is 0.381. The standard InChI is InChI=1S/C25H43NO/c1-5-6-7-8-9-18-16-21-19-10-11-22-25(3,15-13-23(27)26(22)4)20(19)12-14-24(21,2)17-18/h18-22H,5-17H2,1-4H3/t18?,19-,20-,21+,22?,24-,25-/m1/s1. The summed E-state index contributed by atoms with van der Waals surface area (Å²) in [6, 6.07) is 0.510. The minimum Gasteiger partial charge on any atom is -0.342 e. The summed E-state index contributed by atoms with van der Waals surface area (Å²) in [6.07, 6.45) is 17.6. The van der Waals surface area contributed by atoms with E-state index in [4.69, 9.17) is 0 Å². The van der Waals surface area contributed by atoms with Crippen LogP contribution in [0.15, 0.2) is 0 Å². The molecule has 7 atom stereocenters. The number of likely N-dealkylation sites (tertiary alicyclic amines) is 1. The Kier molecular flexibility index (Phi) is 5.40. The van der Waals surface area contributed by atoms with Crippen LogP contribution in [0.5, 0.6) is 0 Å². The van der Waals surface area contributed by atoms with Gasteiger partial charge in [-0.2, -0.15) is 0 Å². The zero-order valence-corrected chi connectivity index (χ0v) is 18.4. The predicted octanol–water partition coefficient (Wildman–Crippen LogP) is 6.44. The van der Waals surface area contributed by atoms with Gasteiger partial charge in [0.15, 0.2) is 0 Å². The monoisotopic (exact) mass is 373 g/mol. The molecule has 0 spiro atoms. The van der Waals surface area contributed by atoms with E-state index in [0.717, 1.165) is 36.5 Å². The van der Waals surface area contributed by atoms with Crippen LogP contribution in [0.4, 0.5) is 0 Å². The van der Waals surface area contributed by atoms with Gasteiger partial charge < -0.3 is 4.90 Å². The van der Waals surface area contributed by atoms with Crippen molar-refractivity contribution < 1.29 is 4.79 Å². The molecule has 154 valence electrons. The summed E-state index contributed by atoms with van der Waals surface area (Å²) in [5.41, 5.74) is 1.00. The summed E-state index contributed by atoms with van der Waals surface area (Å²) in [4.78, 5) is 14.4. The summed E-state index contributed by atoms with van der Waals surface area (Å²) in [5, 5.41) is 0. The van der Waals surface area contributed by atoms with E-state index < -0.39 is 0 Å². The fourth-order valence-corrected chi connectivity index (χ4v) is 8.44. The number of carbonyl (C=O) groups excluding carboxylic acids is 1. The Bertz CT molecular complexity index is 559. The smallest absolute Gasteiger partial charge is 0.222 e. The van der Waals surface area contributed by atoms with E-state index in [-0.39, 0.29) is 0 Å². The fraction of sp³-hybridized carbons (Fsp3) is 0.960. The number of rotatable bonds is 5. The van der Waals surface area contributed by atoms with Crippen molar-refractivity contribution in [2.75, 3.05) is 7.05 Å². The number of unbranched alkanes of at least 4 members (excludes halogenated alkanes) is 3. The van der Waals surface area contributed by atoms with Crippen molar-refractivity contribution in [3.05, 3.63) is 0 Å². The lowest BCUT2D eigenvalue weighted by atomic mass is 9.47. The van der Waals surface area contributed by atoms with E-state index in [1.807, 2.05) is 0 Å². The number of hydrogen-bond acceptors (Lipinski definition) is 1. The first-order valence-corrected chi connectivity index (χ1v) is 12.1. The van der Waals surface area contributed by atoms with Gasteiger partial charge in [0.25, 0.3) is 0 Å². The normalized spacial score (nSPS) is 46.7. The Labute approximate surface area is 167 Å². The van der Waals surface area contributed by atoms with Gasteiger partial charge in [-0.25, -0.2) is 0 Å². The Morgan fingerprint density at radius 1 is 1.04 bits per heavy atom. The molecule has 3 saturated carbocycles. The lowest BCUT2D eigenvalue weighted by molar-refractivity contribution is -0.156. The minimum absolute atomic E-state index is 0.381. The van der Waals surface area contributed by atoms with Gasteiger partial charge in [-0.05, 0) is 79.4 Å². The van der Waals surface area contributed by atoms with Crippen LogP contribution in [0.3, 0.4) is 0 Å². The number of fused-ring (bicyclic) bond motifs is 5. The highest BCUT2D eigenvalue weighted by atomic mass is 16.2. The van der Waals surface area contributed by atoms with Crippen LogP contribution in [0.2, 0.25) is 0 Å². The number of hydrogen-bond donors (Lipinski definition) is 0. The van der Waals surface area contributed by atoms with Crippen LogP contribution in [0.1, 0.15) is 104 Å². The molecule has 1 saturated heterocycles. The predicted molar refractivity (Wildman–Crippen MR) is 112 cm³/mol. The fourth-order valence-electron chi connectivity index (χ4n) is 8.44. The summed E-state index contributed by atoms with van der Waals surface area (Å²) in [5.74, 6) is 4.16. The van der Waals surface area contributed by atoms with Gasteiger partial charge in [-0.3, -0.25) is 4.79 Å². The zero-order chi connectivity index (χ0) is 19.2. The molecule has 0 bridgehead atoms. The van der Waals surface area contributed by atoms with Crippen LogP contribution in [-0.4, -0.2) is 23.9 Å². The lowest BCUT2D eigenvalue weighted by Crippen LogP contribution is -2.61. The SMILES string of the molecule is CCCCCCC1C[C@H]2[C@@H]3CCC4N(C)C(=O)CC[C@]4(C)[C@@H]3CC[C@]2(C)C1. The van der Waals surface area contributed by atoms with Crippen molar-refractivity contribution in [3.63, 3.8) is 0 Å². The molecule has 2 unspecified atom stereocenters. The maximum atomic E-state index is 12.3. The highest BCUT2D eigenvalue weighted by Gasteiger charge is 2.60. The molecule has 0 radical (unpaired) electrons. The quantitative estimate of drug-likeness (QED) is 0.508. The molecule has 1 aliphatic heterocycles. The average molecular weight is 374 g/mol. The second kappa shape index (κ2) is 7.38. The Morgan fingerprint density at radius 3 is 2.63 bits per heavy atom. The molecule has 0 N–H and O–H groups in total. The van der Waals surface area contributed by atoms with E-state index in [2.05, 4.69) is 32.7 Å². The first-order chi connectivity index (χ1) is 12.9. The Balaban J connectivity index is 1.47. The van der Waals surface area contributed by atoms with E-state index >= 15 is 0 Å².